The van der Waals surface area contributed by atoms with Crippen LogP contribution in [0.3, 0.4) is 0 Å². The molecule has 0 spiro atoms. The molecule has 2 rings (SSSR count). The molecule has 1 aromatic carbocycles. The third-order valence-electron chi connectivity index (χ3n) is 4.23. The van der Waals surface area contributed by atoms with Gasteiger partial charge in [-0.3, -0.25) is 9.69 Å². The number of piperidine rings is 1. The molecule has 1 amide bonds. The van der Waals surface area contributed by atoms with Crippen LogP contribution in [0, 0.1) is 0 Å². The summed E-state index contributed by atoms with van der Waals surface area (Å²) in [5.41, 5.74) is 1.28. The highest BCUT2D eigenvalue weighted by Crippen LogP contribution is 2.28. The van der Waals surface area contributed by atoms with E-state index in [0.29, 0.717) is 5.92 Å². The lowest BCUT2D eigenvalue weighted by Gasteiger charge is -2.36. The minimum Gasteiger partial charge on any atom is -0.350 e. The lowest BCUT2D eigenvalue weighted by atomic mass is 9.89. The quantitative estimate of drug-likeness (QED) is 0.926. The molecule has 3 heteroatoms. The molecule has 0 radical (unpaired) electrons. The van der Waals surface area contributed by atoms with Crippen LogP contribution < -0.4 is 5.32 Å². The number of rotatable bonds is 3. The zero-order chi connectivity index (χ0) is 15.5. The molecule has 1 fully saturated rings. The fourth-order valence-corrected chi connectivity index (χ4v) is 2.99. The van der Waals surface area contributed by atoms with Crippen LogP contribution in [0.5, 0.6) is 0 Å². The molecule has 3 nitrogen and oxygen atoms in total. The van der Waals surface area contributed by atoms with Gasteiger partial charge in [-0.05, 0) is 65.1 Å². The Balaban J connectivity index is 1.87. The number of likely N-dealkylation sites (tertiary alicyclic amines) is 1. The summed E-state index contributed by atoms with van der Waals surface area (Å²) in [6, 6.07) is 10.7. The first-order chi connectivity index (χ1) is 9.87. The van der Waals surface area contributed by atoms with Crippen molar-refractivity contribution >= 4 is 5.91 Å². The number of hydrogen-bond donors (Lipinski definition) is 1. The SMILES string of the molecule is CC(C(=O)NC(C)(C)C)N1CCC(c2ccccc2)CC1. The van der Waals surface area contributed by atoms with Gasteiger partial charge < -0.3 is 5.32 Å². The van der Waals surface area contributed by atoms with Crippen LogP contribution in [-0.2, 0) is 4.79 Å². The van der Waals surface area contributed by atoms with Crippen LogP contribution in [0.4, 0.5) is 0 Å². The minimum absolute atomic E-state index is 0.0408. The average Bonchev–Trinajstić information content (AvgIpc) is 2.46. The molecule has 116 valence electrons. The van der Waals surface area contributed by atoms with Crippen molar-refractivity contribution in [1.29, 1.82) is 0 Å². The molecule has 1 unspecified atom stereocenters. The lowest BCUT2D eigenvalue weighted by Crippen LogP contribution is -2.52. The number of carbonyl (C=O) groups is 1. The predicted octanol–water partition coefficient (Wildman–Crippen LogP) is 3.17. The maximum Gasteiger partial charge on any atom is 0.237 e. The molecule has 1 atom stereocenters. The third kappa shape index (κ3) is 4.57. The van der Waals surface area contributed by atoms with E-state index in [4.69, 9.17) is 0 Å². The van der Waals surface area contributed by atoms with Gasteiger partial charge >= 0.3 is 0 Å². The monoisotopic (exact) mass is 288 g/mol. The Morgan fingerprint density at radius 2 is 1.76 bits per heavy atom. The zero-order valence-corrected chi connectivity index (χ0v) is 13.7. The fourth-order valence-electron chi connectivity index (χ4n) is 2.99. The normalized spacial score (nSPS) is 19.2. The predicted molar refractivity (Wildman–Crippen MR) is 87.3 cm³/mol. The van der Waals surface area contributed by atoms with Crippen LogP contribution in [0.15, 0.2) is 30.3 Å². The number of nitrogens with one attached hydrogen (secondary N) is 1. The molecule has 1 aliphatic heterocycles. The maximum absolute atomic E-state index is 12.3. The Labute approximate surface area is 128 Å². The molecular weight excluding hydrogens is 260 g/mol. The van der Waals surface area contributed by atoms with Gasteiger partial charge in [0, 0.05) is 5.54 Å². The van der Waals surface area contributed by atoms with E-state index in [9.17, 15) is 4.79 Å². The number of hydrogen-bond acceptors (Lipinski definition) is 2. The van der Waals surface area contributed by atoms with E-state index in [0.717, 1.165) is 25.9 Å². The first-order valence-electron chi connectivity index (χ1n) is 7.98. The molecule has 0 aromatic heterocycles. The van der Waals surface area contributed by atoms with Crippen molar-refractivity contribution in [3.05, 3.63) is 35.9 Å². The summed E-state index contributed by atoms with van der Waals surface area (Å²) < 4.78 is 0. The Hall–Kier alpha value is -1.35. The number of benzene rings is 1. The standard InChI is InChI=1S/C18H28N2O/c1-14(17(21)19-18(2,3)4)20-12-10-16(11-13-20)15-8-6-5-7-9-15/h5-9,14,16H,10-13H2,1-4H3,(H,19,21). The largest absolute Gasteiger partial charge is 0.350 e. The Kier molecular flexibility index (Phi) is 5.04. The maximum atomic E-state index is 12.3. The van der Waals surface area contributed by atoms with Crippen molar-refractivity contribution in [3.63, 3.8) is 0 Å². The summed E-state index contributed by atoms with van der Waals surface area (Å²) in [6.07, 6.45) is 2.27. The van der Waals surface area contributed by atoms with E-state index < -0.39 is 0 Å². The lowest BCUT2D eigenvalue weighted by molar-refractivity contribution is -0.127. The molecule has 21 heavy (non-hydrogen) atoms. The molecular formula is C18H28N2O. The smallest absolute Gasteiger partial charge is 0.237 e. The highest BCUT2D eigenvalue weighted by molar-refractivity contribution is 5.81. The Bertz CT molecular complexity index is 456. The Morgan fingerprint density at radius 3 is 2.29 bits per heavy atom. The highest BCUT2D eigenvalue weighted by atomic mass is 16.2. The highest BCUT2D eigenvalue weighted by Gasteiger charge is 2.28. The van der Waals surface area contributed by atoms with Crippen LogP contribution in [-0.4, -0.2) is 35.5 Å². The summed E-state index contributed by atoms with van der Waals surface area (Å²) in [6.45, 7) is 10.1. The van der Waals surface area contributed by atoms with Crippen molar-refractivity contribution in [2.24, 2.45) is 0 Å². The summed E-state index contributed by atoms with van der Waals surface area (Å²) >= 11 is 0. The van der Waals surface area contributed by atoms with E-state index in [-0.39, 0.29) is 17.5 Å². The second-order valence-electron chi connectivity index (χ2n) is 7.14. The van der Waals surface area contributed by atoms with Gasteiger partial charge in [0.05, 0.1) is 6.04 Å². The first-order valence-corrected chi connectivity index (χ1v) is 7.98. The van der Waals surface area contributed by atoms with Gasteiger partial charge in [0.15, 0.2) is 0 Å². The third-order valence-corrected chi connectivity index (χ3v) is 4.23. The summed E-state index contributed by atoms with van der Waals surface area (Å²) in [5.74, 6) is 0.779. The minimum atomic E-state index is -0.159. The van der Waals surface area contributed by atoms with Gasteiger partial charge in [-0.1, -0.05) is 30.3 Å². The fraction of sp³-hybridized carbons (Fsp3) is 0.611. The number of nitrogens with zero attached hydrogens (tertiary/aromatic N) is 1. The summed E-state index contributed by atoms with van der Waals surface area (Å²) in [4.78, 5) is 14.6. The van der Waals surface area contributed by atoms with E-state index in [1.54, 1.807) is 0 Å². The van der Waals surface area contributed by atoms with E-state index in [1.807, 2.05) is 27.7 Å². The van der Waals surface area contributed by atoms with Gasteiger partial charge in [0.25, 0.3) is 0 Å². The molecule has 1 aliphatic rings. The number of carbonyl (C=O) groups excluding carboxylic acids is 1. The first kappa shape index (κ1) is 16.0. The van der Waals surface area contributed by atoms with E-state index in [2.05, 4.69) is 40.5 Å². The van der Waals surface area contributed by atoms with E-state index >= 15 is 0 Å². The molecule has 0 aliphatic carbocycles. The summed E-state index contributed by atoms with van der Waals surface area (Å²) in [5, 5.41) is 3.08. The zero-order valence-electron chi connectivity index (χ0n) is 13.7. The molecule has 0 saturated carbocycles. The van der Waals surface area contributed by atoms with Gasteiger partial charge in [-0.25, -0.2) is 0 Å². The van der Waals surface area contributed by atoms with Crippen molar-refractivity contribution in [1.82, 2.24) is 10.2 Å². The second-order valence-corrected chi connectivity index (χ2v) is 7.14. The van der Waals surface area contributed by atoms with Crippen LogP contribution >= 0.6 is 0 Å². The second kappa shape index (κ2) is 6.61. The summed E-state index contributed by atoms with van der Waals surface area (Å²) in [7, 11) is 0. The van der Waals surface area contributed by atoms with Crippen molar-refractivity contribution in [2.45, 2.75) is 58.0 Å². The van der Waals surface area contributed by atoms with Gasteiger partial charge in [-0.2, -0.15) is 0 Å². The van der Waals surface area contributed by atoms with Gasteiger partial charge in [0.1, 0.15) is 0 Å². The average molecular weight is 288 g/mol. The van der Waals surface area contributed by atoms with Crippen LogP contribution in [0.2, 0.25) is 0 Å². The molecule has 1 N–H and O–H groups in total. The van der Waals surface area contributed by atoms with Crippen molar-refractivity contribution in [3.8, 4) is 0 Å². The van der Waals surface area contributed by atoms with Crippen molar-refractivity contribution < 1.29 is 4.79 Å². The molecule has 1 heterocycles. The van der Waals surface area contributed by atoms with E-state index in [1.165, 1.54) is 5.56 Å². The molecule has 0 bridgehead atoms. The van der Waals surface area contributed by atoms with Crippen LogP contribution in [0.25, 0.3) is 0 Å². The molecule has 1 aromatic rings. The van der Waals surface area contributed by atoms with Gasteiger partial charge in [-0.15, -0.1) is 0 Å². The Morgan fingerprint density at radius 1 is 1.19 bits per heavy atom. The van der Waals surface area contributed by atoms with Gasteiger partial charge in [0.2, 0.25) is 5.91 Å². The molecule has 1 saturated heterocycles. The number of amides is 1. The van der Waals surface area contributed by atoms with Crippen LogP contribution in [0.1, 0.15) is 52.0 Å². The van der Waals surface area contributed by atoms with Crippen molar-refractivity contribution in [2.75, 3.05) is 13.1 Å². The topological polar surface area (TPSA) is 32.3 Å².